The Hall–Kier alpha value is -2.34. The summed E-state index contributed by atoms with van der Waals surface area (Å²) in [4.78, 5) is 16.8. The smallest absolute Gasteiger partial charge is 0.224 e. The van der Waals surface area contributed by atoms with Crippen molar-refractivity contribution in [3.63, 3.8) is 0 Å². The highest BCUT2D eigenvalue weighted by Crippen LogP contribution is 2.32. The molecule has 3 heterocycles. The van der Waals surface area contributed by atoms with Crippen LogP contribution in [0.5, 0.6) is 5.75 Å². The molecule has 0 saturated heterocycles. The number of fused-ring (bicyclic) bond motifs is 3. The number of nitrogens with zero attached hydrogens (tertiary/aromatic N) is 3. The average molecular weight is 372 g/mol. The van der Waals surface area contributed by atoms with Crippen molar-refractivity contribution in [3.8, 4) is 17.3 Å². The van der Waals surface area contributed by atoms with Gasteiger partial charge in [0.1, 0.15) is 16.9 Å². The third-order valence-corrected chi connectivity index (χ3v) is 4.57. The van der Waals surface area contributed by atoms with Gasteiger partial charge in [-0.15, -0.1) is 0 Å². The zero-order valence-corrected chi connectivity index (χ0v) is 13.9. The zero-order valence-electron chi connectivity index (χ0n) is 12.3. The number of halogens is 1. The van der Waals surface area contributed by atoms with Crippen molar-refractivity contribution >= 4 is 15.9 Å². The summed E-state index contributed by atoms with van der Waals surface area (Å²) >= 11 is 3.49. The SMILES string of the molecule is O=c1ccn2c(c1OCc1ccccc1)-c1ncc(Br)n1CC2. The maximum absolute atomic E-state index is 12.3. The lowest BCUT2D eigenvalue weighted by molar-refractivity contribution is 0.300. The van der Waals surface area contributed by atoms with Crippen LogP contribution in [0.2, 0.25) is 0 Å². The number of hydrogen-bond acceptors (Lipinski definition) is 3. The summed E-state index contributed by atoms with van der Waals surface area (Å²) in [5, 5.41) is 0. The standard InChI is InChI=1S/C17H14BrN3O2/c18-14-10-19-17-15-16(23-11-12-4-2-1-3-5-12)13(22)6-7-20(15)8-9-21(14)17/h1-7,10H,8-9,11H2. The quantitative estimate of drug-likeness (QED) is 0.710. The van der Waals surface area contributed by atoms with Crippen molar-refractivity contribution in [1.29, 1.82) is 0 Å². The Morgan fingerprint density at radius 3 is 2.83 bits per heavy atom. The van der Waals surface area contributed by atoms with Gasteiger partial charge in [-0.2, -0.15) is 0 Å². The van der Waals surface area contributed by atoms with Crippen LogP contribution in [0.3, 0.4) is 0 Å². The highest BCUT2D eigenvalue weighted by molar-refractivity contribution is 9.10. The minimum Gasteiger partial charge on any atom is -0.483 e. The van der Waals surface area contributed by atoms with Crippen LogP contribution in [-0.2, 0) is 19.7 Å². The van der Waals surface area contributed by atoms with Crippen molar-refractivity contribution < 1.29 is 4.74 Å². The molecule has 0 spiro atoms. The molecule has 0 radical (unpaired) electrons. The summed E-state index contributed by atoms with van der Waals surface area (Å²) < 4.78 is 10.9. The average Bonchev–Trinajstić information content (AvgIpc) is 2.96. The molecule has 6 heteroatoms. The summed E-state index contributed by atoms with van der Waals surface area (Å²) in [6.07, 6.45) is 3.56. The van der Waals surface area contributed by atoms with Gasteiger partial charge in [0.25, 0.3) is 0 Å². The molecule has 3 aromatic rings. The minimum atomic E-state index is -0.125. The van der Waals surface area contributed by atoms with E-state index in [0.717, 1.165) is 34.8 Å². The third kappa shape index (κ3) is 2.49. The first kappa shape index (κ1) is 14.3. The molecule has 1 aliphatic rings. The second-order valence-electron chi connectivity index (χ2n) is 5.38. The van der Waals surface area contributed by atoms with Crippen molar-refractivity contribution in [2.75, 3.05) is 0 Å². The maximum Gasteiger partial charge on any atom is 0.224 e. The number of aryl methyl sites for hydroxylation is 1. The molecule has 2 aromatic heterocycles. The molecule has 0 unspecified atom stereocenters. The Balaban J connectivity index is 1.77. The second-order valence-corrected chi connectivity index (χ2v) is 6.19. The van der Waals surface area contributed by atoms with E-state index in [0.29, 0.717) is 12.4 Å². The topological polar surface area (TPSA) is 49.1 Å². The predicted molar refractivity (Wildman–Crippen MR) is 90.4 cm³/mol. The van der Waals surface area contributed by atoms with E-state index in [9.17, 15) is 4.79 Å². The van der Waals surface area contributed by atoms with Crippen molar-refractivity contribution in [1.82, 2.24) is 14.1 Å². The maximum atomic E-state index is 12.3. The molecule has 5 nitrogen and oxygen atoms in total. The number of hydrogen-bond donors (Lipinski definition) is 0. The van der Waals surface area contributed by atoms with E-state index in [1.165, 1.54) is 0 Å². The van der Waals surface area contributed by atoms with Gasteiger partial charge in [0.2, 0.25) is 5.43 Å². The van der Waals surface area contributed by atoms with Gasteiger partial charge in [-0.3, -0.25) is 4.79 Å². The van der Waals surface area contributed by atoms with Gasteiger partial charge in [0.05, 0.1) is 6.20 Å². The van der Waals surface area contributed by atoms with Gasteiger partial charge in [-0.05, 0) is 21.5 Å². The molecule has 0 N–H and O–H groups in total. The molecule has 4 rings (SSSR count). The molecule has 116 valence electrons. The van der Waals surface area contributed by atoms with E-state index in [2.05, 4.69) is 20.9 Å². The first-order valence-electron chi connectivity index (χ1n) is 7.35. The van der Waals surface area contributed by atoms with Gasteiger partial charge in [-0.1, -0.05) is 30.3 Å². The lowest BCUT2D eigenvalue weighted by Gasteiger charge is -2.23. The number of imidazole rings is 1. The Labute approximate surface area is 141 Å². The van der Waals surface area contributed by atoms with Gasteiger partial charge in [0, 0.05) is 25.4 Å². The Morgan fingerprint density at radius 2 is 2.00 bits per heavy atom. The molecule has 0 atom stereocenters. The lowest BCUT2D eigenvalue weighted by Crippen LogP contribution is -2.22. The van der Waals surface area contributed by atoms with Crippen LogP contribution < -0.4 is 10.2 Å². The summed E-state index contributed by atoms with van der Waals surface area (Å²) in [6.45, 7) is 1.94. The molecule has 1 aromatic carbocycles. The first-order chi connectivity index (χ1) is 11.2. The van der Waals surface area contributed by atoms with E-state index in [-0.39, 0.29) is 5.43 Å². The van der Waals surface area contributed by atoms with Crippen LogP contribution >= 0.6 is 15.9 Å². The normalized spacial score (nSPS) is 12.6. The molecule has 0 fully saturated rings. The van der Waals surface area contributed by atoms with Gasteiger partial charge in [0.15, 0.2) is 11.6 Å². The van der Waals surface area contributed by atoms with Gasteiger partial charge in [-0.25, -0.2) is 4.98 Å². The fourth-order valence-corrected chi connectivity index (χ4v) is 3.25. The summed E-state index contributed by atoms with van der Waals surface area (Å²) in [6, 6.07) is 11.4. The second kappa shape index (κ2) is 5.70. The molecular weight excluding hydrogens is 358 g/mol. The largest absolute Gasteiger partial charge is 0.483 e. The highest BCUT2D eigenvalue weighted by atomic mass is 79.9. The molecule has 23 heavy (non-hydrogen) atoms. The Bertz CT molecular complexity index is 915. The molecule has 0 saturated carbocycles. The fraction of sp³-hybridized carbons (Fsp3) is 0.176. The van der Waals surface area contributed by atoms with Gasteiger partial charge >= 0.3 is 0 Å². The molecule has 0 bridgehead atoms. The van der Waals surface area contributed by atoms with Crippen molar-refractivity contribution in [2.24, 2.45) is 0 Å². The fourth-order valence-electron chi connectivity index (χ4n) is 2.80. The number of pyridine rings is 1. The molecule has 1 aliphatic heterocycles. The predicted octanol–water partition coefficient (Wildman–Crippen LogP) is 3.07. The number of benzene rings is 1. The first-order valence-corrected chi connectivity index (χ1v) is 8.15. The van der Waals surface area contributed by atoms with Crippen LogP contribution in [0.4, 0.5) is 0 Å². The number of ether oxygens (including phenoxy) is 1. The van der Waals surface area contributed by atoms with E-state index in [4.69, 9.17) is 4.74 Å². The lowest BCUT2D eigenvalue weighted by atomic mass is 10.2. The van der Waals surface area contributed by atoms with E-state index in [1.54, 1.807) is 18.5 Å². The third-order valence-electron chi connectivity index (χ3n) is 3.94. The Morgan fingerprint density at radius 1 is 1.17 bits per heavy atom. The van der Waals surface area contributed by atoms with Crippen LogP contribution in [0.25, 0.3) is 11.5 Å². The Kier molecular flexibility index (Phi) is 3.53. The van der Waals surface area contributed by atoms with Crippen LogP contribution in [0, 0.1) is 0 Å². The summed E-state index contributed by atoms with van der Waals surface area (Å²) in [5.41, 5.74) is 1.64. The van der Waals surface area contributed by atoms with Crippen LogP contribution in [0.1, 0.15) is 5.56 Å². The van der Waals surface area contributed by atoms with E-state index >= 15 is 0 Å². The summed E-state index contributed by atoms with van der Waals surface area (Å²) in [7, 11) is 0. The van der Waals surface area contributed by atoms with Crippen LogP contribution in [0.15, 0.2) is 58.2 Å². The van der Waals surface area contributed by atoms with E-state index in [1.807, 2.05) is 39.5 Å². The molecular formula is C17H14BrN3O2. The minimum absolute atomic E-state index is 0.125. The van der Waals surface area contributed by atoms with Crippen molar-refractivity contribution in [2.45, 2.75) is 19.7 Å². The summed E-state index contributed by atoms with van der Waals surface area (Å²) in [5.74, 6) is 1.11. The van der Waals surface area contributed by atoms with Crippen LogP contribution in [-0.4, -0.2) is 14.1 Å². The molecule has 0 amide bonds. The van der Waals surface area contributed by atoms with Crippen molar-refractivity contribution in [3.05, 3.63) is 69.2 Å². The zero-order chi connectivity index (χ0) is 15.8. The number of rotatable bonds is 3. The number of aromatic nitrogens is 3. The van der Waals surface area contributed by atoms with E-state index < -0.39 is 0 Å². The highest BCUT2D eigenvalue weighted by Gasteiger charge is 2.24. The van der Waals surface area contributed by atoms with Gasteiger partial charge < -0.3 is 13.9 Å². The monoisotopic (exact) mass is 371 g/mol. The molecule has 0 aliphatic carbocycles.